The minimum atomic E-state index is -0.0498. The Morgan fingerprint density at radius 1 is 1.33 bits per heavy atom. The van der Waals surface area contributed by atoms with Crippen molar-refractivity contribution in [2.75, 3.05) is 7.05 Å². The monoisotopic (exact) mass is 162 g/mol. The Morgan fingerprint density at radius 3 is 2.67 bits per heavy atom. The predicted octanol–water partition coefficient (Wildman–Crippen LogP) is 1.59. The first-order chi connectivity index (χ1) is 5.88. The molecule has 0 N–H and O–H groups in total. The van der Waals surface area contributed by atoms with Crippen molar-refractivity contribution in [2.24, 2.45) is 5.10 Å². The van der Waals surface area contributed by atoms with Gasteiger partial charge in [0.05, 0.1) is 0 Å². The predicted molar refractivity (Wildman–Crippen MR) is 46.5 cm³/mol. The van der Waals surface area contributed by atoms with E-state index in [1.54, 1.807) is 5.01 Å². The average molecular weight is 162 g/mol. The molecule has 3 heteroatoms. The number of hydrogen-bond acceptors (Lipinski definition) is 3. The molecule has 1 unspecified atom stereocenters. The van der Waals surface area contributed by atoms with Crippen LogP contribution in [0.1, 0.15) is 11.8 Å². The van der Waals surface area contributed by atoms with Gasteiger partial charge in [0.25, 0.3) is 0 Å². The van der Waals surface area contributed by atoms with E-state index in [1.165, 1.54) is 6.40 Å². The van der Waals surface area contributed by atoms with Crippen LogP contribution in [0.5, 0.6) is 0 Å². The lowest BCUT2D eigenvalue weighted by Gasteiger charge is -2.17. The van der Waals surface area contributed by atoms with Crippen LogP contribution in [0.4, 0.5) is 0 Å². The standard InChI is InChI=1S/C9H10N2O/c1-11-9(12-7-10-11)8-5-3-2-4-6-8/h2-7,9H,1H3. The van der Waals surface area contributed by atoms with Crippen LogP contribution < -0.4 is 0 Å². The summed E-state index contributed by atoms with van der Waals surface area (Å²) < 4.78 is 5.29. The molecular formula is C9H10N2O. The summed E-state index contributed by atoms with van der Waals surface area (Å²) in [5.74, 6) is 0. The molecule has 1 atom stereocenters. The third kappa shape index (κ3) is 1.13. The van der Waals surface area contributed by atoms with E-state index >= 15 is 0 Å². The molecule has 62 valence electrons. The Labute approximate surface area is 71.3 Å². The molecule has 12 heavy (non-hydrogen) atoms. The largest absolute Gasteiger partial charge is 0.453 e. The number of benzene rings is 1. The molecule has 3 nitrogen and oxygen atoms in total. The molecule has 0 aromatic heterocycles. The second-order valence-electron chi connectivity index (χ2n) is 2.69. The molecule has 1 aliphatic rings. The van der Waals surface area contributed by atoms with Gasteiger partial charge in [-0.3, -0.25) is 5.01 Å². The van der Waals surface area contributed by atoms with Crippen molar-refractivity contribution in [3.8, 4) is 0 Å². The second kappa shape index (κ2) is 2.85. The summed E-state index contributed by atoms with van der Waals surface area (Å²) in [6, 6.07) is 10.0. The molecule has 0 radical (unpaired) electrons. The van der Waals surface area contributed by atoms with E-state index < -0.39 is 0 Å². The summed E-state index contributed by atoms with van der Waals surface area (Å²) in [6.07, 6.45) is 1.42. The van der Waals surface area contributed by atoms with Gasteiger partial charge in [-0.15, -0.1) is 5.10 Å². The molecule has 0 fully saturated rings. The molecule has 0 aliphatic carbocycles. The summed E-state index contributed by atoms with van der Waals surface area (Å²) in [6.45, 7) is 0. The van der Waals surface area contributed by atoms with E-state index in [-0.39, 0.29) is 6.23 Å². The van der Waals surface area contributed by atoms with E-state index in [4.69, 9.17) is 4.74 Å². The maximum absolute atomic E-state index is 5.29. The quantitative estimate of drug-likeness (QED) is 0.626. The number of hydrazone groups is 1. The molecule has 1 aromatic rings. The summed E-state index contributed by atoms with van der Waals surface area (Å²) in [5.41, 5.74) is 1.12. The van der Waals surface area contributed by atoms with Crippen LogP contribution in [0, 0.1) is 0 Å². The van der Waals surface area contributed by atoms with Crippen molar-refractivity contribution in [1.29, 1.82) is 0 Å². The molecule has 1 heterocycles. The van der Waals surface area contributed by atoms with Gasteiger partial charge in [-0.05, 0) is 0 Å². The molecule has 2 rings (SSSR count). The lowest BCUT2D eigenvalue weighted by atomic mass is 10.2. The molecule has 1 aromatic carbocycles. The maximum Gasteiger partial charge on any atom is 0.214 e. The van der Waals surface area contributed by atoms with Crippen molar-refractivity contribution in [2.45, 2.75) is 6.23 Å². The van der Waals surface area contributed by atoms with Gasteiger partial charge in [-0.1, -0.05) is 30.3 Å². The molecular weight excluding hydrogens is 152 g/mol. The second-order valence-corrected chi connectivity index (χ2v) is 2.69. The van der Waals surface area contributed by atoms with Crippen LogP contribution in [0.25, 0.3) is 0 Å². The first kappa shape index (κ1) is 7.16. The zero-order valence-electron chi connectivity index (χ0n) is 6.84. The minimum absolute atomic E-state index is 0.0498. The van der Waals surface area contributed by atoms with Crippen molar-refractivity contribution in [3.05, 3.63) is 35.9 Å². The third-order valence-corrected chi connectivity index (χ3v) is 1.84. The molecule has 1 aliphatic heterocycles. The van der Waals surface area contributed by atoms with Crippen molar-refractivity contribution >= 4 is 6.40 Å². The Hall–Kier alpha value is -1.51. The zero-order valence-corrected chi connectivity index (χ0v) is 6.84. The lowest BCUT2D eigenvalue weighted by Crippen LogP contribution is -2.14. The van der Waals surface area contributed by atoms with E-state index in [1.807, 2.05) is 37.4 Å². The SMILES string of the molecule is CN1N=COC1c1ccccc1. The van der Waals surface area contributed by atoms with E-state index in [0.29, 0.717) is 0 Å². The van der Waals surface area contributed by atoms with Gasteiger partial charge in [0.2, 0.25) is 6.23 Å². The van der Waals surface area contributed by atoms with Crippen LogP contribution in [0.2, 0.25) is 0 Å². The van der Waals surface area contributed by atoms with Crippen molar-refractivity contribution < 1.29 is 4.74 Å². The van der Waals surface area contributed by atoms with Gasteiger partial charge >= 0.3 is 0 Å². The fraction of sp³-hybridized carbons (Fsp3) is 0.222. The average Bonchev–Trinajstić information content (AvgIpc) is 2.53. The summed E-state index contributed by atoms with van der Waals surface area (Å²) in [7, 11) is 1.89. The Bertz CT molecular complexity index is 284. The van der Waals surface area contributed by atoms with Crippen molar-refractivity contribution in [3.63, 3.8) is 0 Å². The number of ether oxygens (including phenoxy) is 1. The highest BCUT2D eigenvalue weighted by atomic mass is 16.5. The van der Waals surface area contributed by atoms with Crippen LogP contribution in [0.3, 0.4) is 0 Å². The number of rotatable bonds is 1. The fourth-order valence-electron chi connectivity index (χ4n) is 1.22. The van der Waals surface area contributed by atoms with Crippen molar-refractivity contribution in [1.82, 2.24) is 5.01 Å². The Kier molecular flexibility index (Phi) is 1.70. The van der Waals surface area contributed by atoms with Crippen LogP contribution >= 0.6 is 0 Å². The van der Waals surface area contributed by atoms with Gasteiger partial charge in [0, 0.05) is 12.6 Å². The highest BCUT2D eigenvalue weighted by molar-refractivity contribution is 5.48. The molecule has 0 amide bonds. The zero-order chi connectivity index (χ0) is 8.39. The van der Waals surface area contributed by atoms with E-state index in [9.17, 15) is 0 Å². The highest BCUT2D eigenvalue weighted by Crippen LogP contribution is 2.22. The van der Waals surface area contributed by atoms with Gasteiger partial charge in [-0.25, -0.2) is 0 Å². The number of nitrogens with zero attached hydrogens (tertiary/aromatic N) is 2. The van der Waals surface area contributed by atoms with E-state index in [0.717, 1.165) is 5.56 Å². The molecule has 0 saturated carbocycles. The first-order valence-corrected chi connectivity index (χ1v) is 3.83. The highest BCUT2D eigenvalue weighted by Gasteiger charge is 2.19. The summed E-state index contributed by atoms with van der Waals surface area (Å²) >= 11 is 0. The van der Waals surface area contributed by atoms with Gasteiger partial charge < -0.3 is 4.74 Å². The third-order valence-electron chi connectivity index (χ3n) is 1.84. The Morgan fingerprint density at radius 2 is 2.08 bits per heavy atom. The minimum Gasteiger partial charge on any atom is -0.453 e. The fourth-order valence-corrected chi connectivity index (χ4v) is 1.22. The topological polar surface area (TPSA) is 24.8 Å². The summed E-state index contributed by atoms with van der Waals surface area (Å²) in [4.78, 5) is 0. The van der Waals surface area contributed by atoms with Crippen LogP contribution in [-0.2, 0) is 4.74 Å². The van der Waals surface area contributed by atoms with Crippen LogP contribution in [0.15, 0.2) is 35.4 Å². The smallest absolute Gasteiger partial charge is 0.214 e. The lowest BCUT2D eigenvalue weighted by molar-refractivity contribution is 0.0813. The molecule has 0 spiro atoms. The van der Waals surface area contributed by atoms with Crippen LogP contribution in [-0.4, -0.2) is 18.5 Å². The van der Waals surface area contributed by atoms with E-state index in [2.05, 4.69) is 5.10 Å². The van der Waals surface area contributed by atoms with Gasteiger partial charge in [0.1, 0.15) is 0 Å². The first-order valence-electron chi connectivity index (χ1n) is 3.83. The number of hydrogen-bond donors (Lipinski definition) is 0. The maximum atomic E-state index is 5.29. The molecule has 0 bridgehead atoms. The summed E-state index contributed by atoms with van der Waals surface area (Å²) in [5, 5.41) is 5.77. The molecule has 0 saturated heterocycles. The normalized spacial score (nSPS) is 21.1. The Balaban J connectivity index is 2.22. The van der Waals surface area contributed by atoms with Gasteiger partial charge in [0.15, 0.2) is 6.40 Å². The van der Waals surface area contributed by atoms with Gasteiger partial charge in [-0.2, -0.15) is 0 Å².